The Morgan fingerprint density at radius 3 is 1.28 bits per heavy atom. The Bertz CT molecular complexity index is 2710. The van der Waals surface area contributed by atoms with Crippen LogP contribution in [0.1, 0.15) is 34.6 Å². The van der Waals surface area contributed by atoms with Gasteiger partial charge in [-0.05, 0) is 96.1 Å². The van der Waals surface area contributed by atoms with Crippen molar-refractivity contribution in [3.8, 4) is 11.4 Å². The standard InChI is InChI=1S/C40H26Cl2N2O8S2/c1-3-49-39(47)31-29-25-9-5-7-11-27(25)37(45)51-33(29)43(23-17-13-21(41)14-18-23)35(31)53-54-36-32(40(48)50-4-2)30-26-10-6-8-12-28(26)38(46)52-34(30)44(36)24-19-15-22(42)16-20-24/h5-20H,3-4H2,1-2H3. The average molecular weight is 798 g/mol. The van der Waals surface area contributed by atoms with E-state index in [0.717, 1.165) is 21.6 Å². The van der Waals surface area contributed by atoms with Gasteiger partial charge in [0, 0.05) is 32.2 Å². The van der Waals surface area contributed by atoms with Crippen LogP contribution in [-0.2, 0) is 9.47 Å². The van der Waals surface area contributed by atoms with Gasteiger partial charge >= 0.3 is 23.2 Å². The number of esters is 2. The van der Waals surface area contributed by atoms with Gasteiger partial charge in [0.15, 0.2) is 0 Å². The lowest BCUT2D eigenvalue weighted by Crippen LogP contribution is -2.07. The zero-order valence-corrected chi connectivity index (χ0v) is 31.5. The molecule has 0 unspecified atom stereocenters. The lowest BCUT2D eigenvalue weighted by molar-refractivity contribution is 0.0514. The molecule has 0 amide bonds. The fourth-order valence-electron chi connectivity index (χ4n) is 6.47. The third kappa shape index (κ3) is 5.95. The van der Waals surface area contributed by atoms with Gasteiger partial charge in [-0.3, -0.25) is 9.13 Å². The third-order valence-corrected chi connectivity index (χ3v) is 11.6. The van der Waals surface area contributed by atoms with Crippen LogP contribution in [0.25, 0.3) is 55.1 Å². The number of halogens is 2. The minimum absolute atomic E-state index is 0.0718. The number of fused-ring (bicyclic) bond motifs is 6. The molecule has 4 aromatic heterocycles. The highest BCUT2D eigenvalue weighted by Crippen LogP contribution is 2.49. The van der Waals surface area contributed by atoms with Gasteiger partial charge in [0.2, 0.25) is 11.4 Å². The quantitative estimate of drug-likeness (QED) is 0.103. The molecule has 0 spiro atoms. The van der Waals surface area contributed by atoms with Crippen molar-refractivity contribution in [2.45, 2.75) is 23.9 Å². The summed E-state index contributed by atoms with van der Waals surface area (Å²) < 4.78 is 26.6. The summed E-state index contributed by atoms with van der Waals surface area (Å²) in [5.74, 6) is -1.31. The number of hydrogen-bond donors (Lipinski definition) is 0. The molecular formula is C40H26Cl2N2O8S2. The van der Waals surface area contributed by atoms with Crippen molar-refractivity contribution in [2.24, 2.45) is 0 Å². The lowest BCUT2D eigenvalue weighted by Gasteiger charge is -2.13. The van der Waals surface area contributed by atoms with Crippen LogP contribution < -0.4 is 11.3 Å². The first-order valence-electron chi connectivity index (χ1n) is 16.6. The summed E-state index contributed by atoms with van der Waals surface area (Å²) in [6, 6.07) is 27.4. The summed E-state index contributed by atoms with van der Waals surface area (Å²) in [4.78, 5) is 55.0. The van der Waals surface area contributed by atoms with Crippen LogP contribution in [0.4, 0.5) is 0 Å². The first-order chi connectivity index (χ1) is 26.2. The average Bonchev–Trinajstić information content (AvgIpc) is 3.67. The number of benzene rings is 4. The van der Waals surface area contributed by atoms with Crippen LogP contribution in [0.2, 0.25) is 10.0 Å². The number of nitrogens with zero attached hydrogens (tertiary/aromatic N) is 2. The van der Waals surface area contributed by atoms with E-state index in [2.05, 4.69) is 0 Å². The van der Waals surface area contributed by atoms with E-state index >= 15 is 0 Å². The monoisotopic (exact) mass is 796 g/mol. The molecule has 0 aliphatic carbocycles. The molecule has 54 heavy (non-hydrogen) atoms. The molecule has 10 nitrogen and oxygen atoms in total. The van der Waals surface area contributed by atoms with Crippen molar-refractivity contribution in [2.75, 3.05) is 13.2 Å². The van der Waals surface area contributed by atoms with Crippen LogP contribution >= 0.6 is 44.8 Å². The molecule has 0 radical (unpaired) electrons. The Morgan fingerprint density at radius 1 is 0.574 bits per heavy atom. The number of carbonyl (C=O) groups excluding carboxylic acids is 2. The highest BCUT2D eigenvalue weighted by Gasteiger charge is 2.33. The van der Waals surface area contributed by atoms with Gasteiger partial charge < -0.3 is 18.3 Å². The van der Waals surface area contributed by atoms with E-state index < -0.39 is 23.2 Å². The molecule has 14 heteroatoms. The summed E-state index contributed by atoms with van der Waals surface area (Å²) in [5.41, 5.74) is 0.358. The molecule has 270 valence electrons. The molecule has 0 saturated carbocycles. The fourth-order valence-corrected chi connectivity index (χ4v) is 9.36. The van der Waals surface area contributed by atoms with Crippen LogP contribution in [0.15, 0.2) is 126 Å². The maximum atomic E-state index is 14.1. The van der Waals surface area contributed by atoms with Crippen molar-refractivity contribution in [1.29, 1.82) is 0 Å². The summed E-state index contributed by atoms with van der Waals surface area (Å²) in [7, 11) is 2.23. The number of carbonyl (C=O) groups is 2. The van der Waals surface area contributed by atoms with Crippen LogP contribution in [0.3, 0.4) is 0 Å². The zero-order chi connectivity index (χ0) is 37.7. The zero-order valence-electron chi connectivity index (χ0n) is 28.4. The topological polar surface area (TPSA) is 123 Å². The van der Waals surface area contributed by atoms with Crippen molar-refractivity contribution >= 4 is 100 Å². The van der Waals surface area contributed by atoms with Gasteiger partial charge in [0.1, 0.15) is 21.2 Å². The van der Waals surface area contributed by atoms with E-state index in [9.17, 15) is 19.2 Å². The smallest absolute Gasteiger partial charge is 0.345 e. The fraction of sp³-hybridized carbons (Fsp3) is 0.100. The summed E-state index contributed by atoms with van der Waals surface area (Å²) in [5, 5.41) is 3.85. The Kier molecular flexibility index (Phi) is 9.53. The molecule has 0 bridgehead atoms. The Labute approximate surface area is 323 Å². The van der Waals surface area contributed by atoms with Crippen molar-refractivity contribution in [1.82, 2.24) is 9.13 Å². The normalized spacial score (nSPS) is 11.6. The summed E-state index contributed by atoms with van der Waals surface area (Å²) in [6.07, 6.45) is 0. The van der Waals surface area contributed by atoms with Gasteiger partial charge in [-0.1, -0.05) is 59.6 Å². The number of ether oxygens (including phenoxy) is 2. The molecule has 0 atom stereocenters. The Hall–Kier alpha value is -5.40. The van der Waals surface area contributed by atoms with Crippen LogP contribution in [0, 0.1) is 0 Å². The molecule has 4 heterocycles. The first-order valence-corrected chi connectivity index (χ1v) is 19.5. The highest BCUT2D eigenvalue weighted by atomic mass is 35.5. The molecule has 0 saturated heterocycles. The van der Waals surface area contributed by atoms with Crippen molar-refractivity contribution in [3.05, 3.63) is 139 Å². The Balaban J connectivity index is 1.47. The molecular weight excluding hydrogens is 771 g/mol. The van der Waals surface area contributed by atoms with Gasteiger partial charge in [0.25, 0.3) is 0 Å². The third-order valence-electron chi connectivity index (χ3n) is 8.71. The first kappa shape index (κ1) is 35.6. The van der Waals surface area contributed by atoms with E-state index in [4.69, 9.17) is 41.5 Å². The second-order valence-electron chi connectivity index (χ2n) is 11.8. The van der Waals surface area contributed by atoms with Crippen molar-refractivity contribution < 1.29 is 27.9 Å². The number of rotatable bonds is 9. The van der Waals surface area contributed by atoms with Crippen LogP contribution in [-0.4, -0.2) is 34.3 Å². The second-order valence-corrected chi connectivity index (χ2v) is 14.8. The minimum atomic E-state index is -0.654. The molecule has 0 aliphatic rings. The largest absolute Gasteiger partial charge is 0.462 e. The predicted octanol–water partition coefficient (Wildman–Crippen LogP) is 10.2. The van der Waals surface area contributed by atoms with E-state index in [-0.39, 0.29) is 46.5 Å². The van der Waals surface area contributed by atoms with Gasteiger partial charge in [-0.15, -0.1) is 0 Å². The van der Waals surface area contributed by atoms with Gasteiger partial charge in [-0.2, -0.15) is 0 Å². The molecule has 0 fully saturated rings. The van der Waals surface area contributed by atoms with Crippen molar-refractivity contribution in [3.63, 3.8) is 0 Å². The summed E-state index contributed by atoms with van der Waals surface area (Å²) in [6.45, 7) is 3.54. The Morgan fingerprint density at radius 2 is 0.926 bits per heavy atom. The number of aromatic nitrogens is 2. The molecule has 0 N–H and O–H groups in total. The van der Waals surface area contributed by atoms with Crippen LogP contribution in [0.5, 0.6) is 0 Å². The molecule has 4 aromatic carbocycles. The summed E-state index contributed by atoms with van der Waals surface area (Å²) >= 11 is 12.6. The van der Waals surface area contributed by atoms with E-state index in [1.807, 2.05) is 0 Å². The molecule has 8 aromatic rings. The second kappa shape index (κ2) is 14.4. The SMILES string of the molecule is CCOC(=O)c1c(SSc2c(C(=O)OCC)c3c4ccccc4c(=O)oc3n2-c2ccc(Cl)cc2)n(-c2ccc(Cl)cc2)c2oc(=O)c3ccccc3c12. The lowest BCUT2D eigenvalue weighted by atomic mass is 10.1. The van der Waals surface area contributed by atoms with Gasteiger partial charge in [0.05, 0.1) is 34.8 Å². The molecule has 8 rings (SSSR count). The maximum Gasteiger partial charge on any atom is 0.345 e. The van der Waals surface area contributed by atoms with E-state index in [1.54, 1.807) is 120 Å². The molecule has 0 aliphatic heterocycles. The van der Waals surface area contributed by atoms with E-state index in [1.165, 1.54) is 0 Å². The minimum Gasteiger partial charge on any atom is -0.462 e. The maximum absolute atomic E-state index is 14.1. The predicted molar refractivity (Wildman–Crippen MR) is 212 cm³/mol. The number of hydrogen-bond acceptors (Lipinski definition) is 10. The van der Waals surface area contributed by atoms with E-state index in [0.29, 0.717) is 53.0 Å². The van der Waals surface area contributed by atoms with Gasteiger partial charge in [-0.25, -0.2) is 19.2 Å². The highest BCUT2D eigenvalue weighted by molar-refractivity contribution is 8.76.